The maximum absolute atomic E-state index is 9.72. The number of aliphatic hydroxyl groups excluding tert-OH is 2. The Morgan fingerprint density at radius 1 is 0.396 bits per heavy atom. The van der Waals surface area contributed by atoms with E-state index in [2.05, 4.69) is 62.4 Å². The zero-order valence-corrected chi connectivity index (χ0v) is 31.3. The van der Waals surface area contributed by atoms with Gasteiger partial charge < -0.3 is 19.7 Å². The van der Waals surface area contributed by atoms with E-state index < -0.39 is 0 Å². The lowest BCUT2D eigenvalue weighted by atomic mass is 9.95. The van der Waals surface area contributed by atoms with Crippen molar-refractivity contribution in [1.82, 2.24) is 0 Å². The quantitative estimate of drug-likeness (QED) is 0.0744. The van der Waals surface area contributed by atoms with Crippen molar-refractivity contribution >= 4 is 0 Å². The summed E-state index contributed by atoms with van der Waals surface area (Å²) in [6.45, 7) is 6.74. The van der Waals surface area contributed by atoms with Gasteiger partial charge in [-0.3, -0.25) is 0 Å². The van der Waals surface area contributed by atoms with Crippen LogP contribution in [0.25, 0.3) is 11.1 Å². The van der Waals surface area contributed by atoms with Gasteiger partial charge in [-0.2, -0.15) is 0 Å². The highest BCUT2D eigenvalue weighted by molar-refractivity contribution is 5.64. The van der Waals surface area contributed by atoms with Crippen LogP contribution in [0.2, 0.25) is 0 Å². The van der Waals surface area contributed by atoms with E-state index in [-0.39, 0.29) is 0 Å². The fraction of sp³-hybridized carbons (Fsp3) is 0.727. The highest BCUT2D eigenvalue weighted by Crippen LogP contribution is 2.26. The Labute approximate surface area is 296 Å². The molecular formula is C44H74O4. The zero-order valence-electron chi connectivity index (χ0n) is 31.3. The molecule has 2 aromatic carbocycles. The van der Waals surface area contributed by atoms with Gasteiger partial charge in [-0.25, -0.2) is 0 Å². The number of rotatable bonds is 33. The third-order valence-electron chi connectivity index (χ3n) is 10.0. The maximum Gasteiger partial charge on any atom is 0.119 e. The van der Waals surface area contributed by atoms with Crippen molar-refractivity contribution in [3.63, 3.8) is 0 Å². The molecule has 2 aromatic rings. The summed E-state index contributed by atoms with van der Waals surface area (Å²) in [6, 6.07) is 16.9. The van der Waals surface area contributed by atoms with Crippen molar-refractivity contribution in [2.24, 2.45) is 11.8 Å². The number of aliphatic hydroxyl groups is 2. The fourth-order valence-electron chi connectivity index (χ4n) is 6.73. The van der Waals surface area contributed by atoms with Gasteiger partial charge in [0.2, 0.25) is 0 Å². The Morgan fingerprint density at radius 3 is 1.00 bits per heavy atom. The molecule has 0 aromatic heterocycles. The molecule has 0 fully saturated rings. The molecular weight excluding hydrogens is 592 g/mol. The smallest absolute Gasteiger partial charge is 0.119 e. The number of hydrogen-bond acceptors (Lipinski definition) is 4. The van der Waals surface area contributed by atoms with Crippen LogP contribution in [0.1, 0.15) is 168 Å². The number of unbranched alkanes of at least 4 members (excludes halogenated alkanes) is 16. The standard InChI is InChI=1S/C44H74O4/c1-3-5-7-9-11-17-23-39(37-45)25-19-13-15-21-35-47-43-31-27-41(28-32-43)42-29-33-44(34-30-42)48-36-22-16-14-20-26-40(38-46)24-18-12-10-8-6-4-2/h27-34,39-40,45-46H,3-26,35-38H2,1-2H3. The van der Waals surface area contributed by atoms with Crippen LogP contribution in [-0.2, 0) is 0 Å². The zero-order chi connectivity index (χ0) is 34.3. The predicted molar refractivity (Wildman–Crippen MR) is 206 cm³/mol. The van der Waals surface area contributed by atoms with Gasteiger partial charge in [-0.15, -0.1) is 0 Å². The molecule has 0 bridgehead atoms. The van der Waals surface area contributed by atoms with Crippen molar-refractivity contribution in [2.45, 2.75) is 168 Å². The second-order valence-corrected chi connectivity index (χ2v) is 14.4. The average Bonchev–Trinajstić information content (AvgIpc) is 3.12. The topological polar surface area (TPSA) is 58.9 Å². The van der Waals surface area contributed by atoms with Gasteiger partial charge >= 0.3 is 0 Å². The lowest BCUT2D eigenvalue weighted by Crippen LogP contribution is -2.06. The van der Waals surface area contributed by atoms with Crippen LogP contribution in [0.15, 0.2) is 48.5 Å². The second-order valence-electron chi connectivity index (χ2n) is 14.4. The van der Waals surface area contributed by atoms with E-state index in [0.29, 0.717) is 25.0 Å². The predicted octanol–water partition coefficient (Wildman–Crippen LogP) is 12.7. The molecule has 0 amide bonds. The Balaban J connectivity index is 1.50. The molecule has 274 valence electrons. The van der Waals surface area contributed by atoms with Crippen molar-refractivity contribution in [3.8, 4) is 22.6 Å². The highest BCUT2D eigenvalue weighted by Gasteiger charge is 2.08. The third-order valence-corrected chi connectivity index (χ3v) is 10.0. The molecule has 2 atom stereocenters. The molecule has 0 heterocycles. The van der Waals surface area contributed by atoms with Gasteiger partial charge in [0.1, 0.15) is 11.5 Å². The van der Waals surface area contributed by atoms with Gasteiger partial charge in [0, 0.05) is 13.2 Å². The Hall–Kier alpha value is -2.04. The molecule has 0 saturated heterocycles. The van der Waals surface area contributed by atoms with Crippen LogP contribution in [-0.4, -0.2) is 36.6 Å². The fourth-order valence-corrected chi connectivity index (χ4v) is 6.73. The molecule has 2 unspecified atom stereocenters. The van der Waals surface area contributed by atoms with Gasteiger partial charge in [0.05, 0.1) is 13.2 Å². The number of ether oxygens (including phenoxy) is 2. The summed E-state index contributed by atoms with van der Waals surface area (Å²) in [7, 11) is 0. The first-order chi connectivity index (χ1) is 23.7. The van der Waals surface area contributed by atoms with E-state index in [0.717, 1.165) is 50.4 Å². The van der Waals surface area contributed by atoms with Crippen LogP contribution in [0.5, 0.6) is 11.5 Å². The van der Waals surface area contributed by atoms with E-state index in [1.807, 2.05) is 0 Å². The Kier molecular flexibility index (Phi) is 26.2. The number of hydrogen-bond donors (Lipinski definition) is 2. The lowest BCUT2D eigenvalue weighted by molar-refractivity contribution is 0.203. The minimum Gasteiger partial charge on any atom is -0.494 e. The summed E-state index contributed by atoms with van der Waals surface area (Å²) in [6.07, 6.45) is 30.1. The molecule has 4 heteroatoms. The van der Waals surface area contributed by atoms with Crippen LogP contribution in [0, 0.1) is 11.8 Å². The summed E-state index contributed by atoms with van der Waals surface area (Å²) in [5.74, 6) is 2.85. The molecule has 48 heavy (non-hydrogen) atoms. The van der Waals surface area contributed by atoms with Crippen LogP contribution >= 0.6 is 0 Å². The second kappa shape index (κ2) is 29.8. The molecule has 0 saturated carbocycles. The van der Waals surface area contributed by atoms with Gasteiger partial charge in [-0.1, -0.05) is 154 Å². The molecule has 0 radical (unpaired) electrons. The molecule has 0 aliphatic heterocycles. The summed E-state index contributed by atoms with van der Waals surface area (Å²) < 4.78 is 12.0. The normalized spacial score (nSPS) is 12.7. The molecule has 2 rings (SSSR count). The molecule has 2 N–H and O–H groups in total. The van der Waals surface area contributed by atoms with Crippen molar-refractivity contribution in [3.05, 3.63) is 48.5 Å². The Morgan fingerprint density at radius 2 is 0.688 bits per heavy atom. The van der Waals surface area contributed by atoms with Crippen LogP contribution < -0.4 is 9.47 Å². The minimum absolute atomic E-state index is 0.347. The van der Waals surface area contributed by atoms with E-state index in [1.165, 1.54) is 140 Å². The SMILES string of the molecule is CCCCCCCCC(CO)CCCCCCOc1ccc(-c2ccc(OCCCCCCC(CO)CCCCCCCC)cc2)cc1. The lowest BCUT2D eigenvalue weighted by Gasteiger charge is -2.14. The molecule has 0 aliphatic rings. The number of benzene rings is 2. The first kappa shape index (κ1) is 42.1. The van der Waals surface area contributed by atoms with Crippen LogP contribution in [0.3, 0.4) is 0 Å². The van der Waals surface area contributed by atoms with Gasteiger partial charge in [0.25, 0.3) is 0 Å². The highest BCUT2D eigenvalue weighted by atomic mass is 16.5. The Bertz CT molecular complexity index is 877. The third kappa shape index (κ3) is 21.1. The first-order valence-corrected chi connectivity index (χ1v) is 20.4. The van der Waals surface area contributed by atoms with E-state index in [4.69, 9.17) is 9.47 Å². The average molecular weight is 667 g/mol. The minimum atomic E-state index is 0.347. The van der Waals surface area contributed by atoms with Crippen LogP contribution in [0.4, 0.5) is 0 Å². The van der Waals surface area contributed by atoms with Crippen molar-refractivity contribution in [1.29, 1.82) is 0 Å². The summed E-state index contributed by atoms with van der Waals surface area (Å²) in [5.41, 5.74) is 2.37. The maximum atomic E-state index is 9.72. The summed E-state index contributed by atoms with van der Waals surface area (Å²) >= 11 is 0. The van der Waals surface area contributed by atoms with Gasteiger partial charge in [-0.05, 0) is 85.8 Å². The van der Waals surface area contributed by atoms with E-state index in [1.54, 1.807) is 0 Å². The first-order valence-electron chi connectivity index (χ1n) is 20.4. The van der Waals surface area contributed by atoms with E-state index in [9.17, 15) is 10.2 Å². The molecule has 0 spiro atoms. The van der Waals surface area contributed by atoms with Crippen molar-refractivity contribution in [2.75, 3.05) is 26.4 Å². The van der Waals surface area contributed by atoms with Gasteiger partial charge in [0.15, 0.2) is 0 Å². The molecule has 0 aliphatic carbocycles. The van der Waals surface area contributed by atoms with Crippen molar-refractivity contribution < 1.29 is 19.7 Å². The molecule has 4 nitrogen and oxygen atoms in total. The summed E-state index contributed by atoms with van der Waals surface area (Å²) in [4.78, 5) is 0. The largest absolute Gasteiger partial charge is 0.494 e. The van der Waals surface area contributed by atoms with E-state index >= 15 is 0 Å². The summed E-state index contributed by atoms with van der Waals surface area (Å²) in [5, 5.41) is 19.4. The monoisotopic (exact) mass is 667 g/mol.